The van der Waals surface area contributed by atoms with Crippen LogP contribution < -0.4 is 9.64 Å². The number of anilines is 1. The van der Waals surface area contributed by atoms with Crippen LogP contribution in [0.15, 0.2) is 42.6 Å². The molecule has 2 aliphatic rings. The molecule has 3 aromatic rings. The highest BCUT2D eigenvalue weighted by molar-refractivity contribution is 7.89. The minimum Gasteiger partial charge on any atom is -0.467 e. The summed E-state index contributed by atoms with van der Waals surface area (Å²) in [5.74, 6) is -2.14. The maximum Gasteiger partial charge on any atom is 0.274 e. The third-order valence-corrected chi connectivity index (χ3v) is 10.2. The van der Waals surface area contributed by atoms with Gasteiger partial charge < -0.3 is 14.7 Å². The molecule has 0 unspecified atom stereocenters. The van der Waals surface area contributed by atoms with Gasteiger partial charge in [-0.2, -0.15) is 4.31 Å². The lowest BCUT2D eigenvalue weighted by Gasteiger charge is -2.32. The number of hydrogen-bond donors (Lipinski definition) is 1. The predicted molar refractivity (Wildman–Crippen MR) is 154 cm³/mol. The molecule has 0 spiro atoms. The molecule has 0 saturated carbocycles. The number of aliphatic hydroxyl groups is 1. The zero-order chi connectivity index (χ0) is 28.3. The Labute approximate surface area is 237 Å². The summed E-state index contributed by atoms with van der Waals surface area (Å²) in [6, 6.07) is 9.17. The largest absolute Gasteiger partial charge is 0.467 e. The van der Waals surface area contributed by atoms with Gasteiger partial charge in [0.15, 0.2) is 0 Å². The van der Waals surface area contributed by atoms with Gasteiger partial charge in [-0.1, -0.05) is 23.5 Å². The van der Waals surface area contributed by atoms with Gasteiger partial charge in [-0.3, -0.25) is 0 Å². The average Bonchev–Trinajstić information content (AvgIpc) is 3.35. The quantitative estimate of drug-likeness (QED) is 0.330. The minimum absolute atomic E-state index is 0.00487. The van der Waals surface area contributed by atoms with Gasteiger partial charge in [-0.25, -0.2) is 27.2 Å². The minimum atomic E-state index is -3.31. The number of sulfonamides is 1. The lowest BCUT2D eigenvalue weighted by molar-refractivity contribution is 0.0171. The number of piperidine rings is 1. The average molecular weight is 593 g/mol. The van der Waals surface area contributed by atoms with E-state index < -0.39 is 15.9 Å². The fourth-order valence-electron chi connectivity index (χ4n) is 5.02. The number of halogens is 2. The maximum atomic E-state index is 13.5. The van der Waals surface area contributed by atoms with E-state index in [0.717, 1.165) is 54.2 Å². The van der Waals surface area contributed by atoms with Gasteiger partial charge in [0.25, 0.3) is 11.1 Å². The predicted octanol–water partition coefficient (Wildman–Crippen LogP) is 5.04. The van der Waals surface area contributed by atoms with Crippen LogP contribution in [-0.4, -0.2) is 72.4 Å². The molecule has 0 bridgehead atoms. The van der Waals surface area contributed by atoms with Crippen LogP contribution in [-0.2, 0) is 15.9 Å². The number of hydrogen-bond acceptors (Lipinski definition) is 8. The maximum absolute atomic E-state index is 13.5. The van der Waals surface area contributed by atoms with Crippen LogP contribution in [0.25, 0.3) is 15.8 Å². The Kier molecular flexibility index (Phi) is 8.69. The van der Waals surface area contributed by atoms with E-state index in [2.05, 4.69) is 20.9 Å². The second-order valence-electron chi connectivity index (χ2n) is 10.3. The molecule has 216 valence electrons. The summed E-state index contributed by atoms with van der Waals surface area (Å²) in [6.07, 6.45) is 6.40. The molecule has 8 nitrogen and oxygen atoms in total. The summed E-state index contributed by atoms with van der Waals surface area (Å²) in [7, 11) is -3.31. The Morgan fingerprint density at radius 3 is 2.60 bits per heavy atom. The lowest BCUT2D eigenvalue weighted by Crippen LogP contribution is -2.38. The summed E-state index contributed by atoms with van der Waals surface area (Å²) in [6.45, 7) is 3.12. The van der Waals surface area contributed by atoms with Crippen LogP contribution in [0.4, 0.5) is 14.6 Å². The number of unbranched alkanes of at least 4 members (excludes halogenated alkanes) is 1. The zero-order valence-electron chi connectivity index (χ0n) is 22.4. The van der Waals surface area contributed by atoms with E-state index in [4.69, 9.17) is 9.84 Å². The molecule has 0 radical (unpaired) electrons. The van der Waals surface area contributed by atoms with Crippen molar-refractivity contribution in [2.75, 3.05) is 43.4 Å². The highest BCUT2D eigenvalue weighted by Gasteiger charge is 2.27. The highest BCUT2D eigenvalue weighted by Crippen LogP contribution is 2.34. The molecule has 1 fully saturated rings. The molecule has 1 N–H and O–H groups in total. The normalized spacial score (nSPS) is 17.8. The Hall–Kier alpha value is -2.67. The molecular formula is C28H34F2N4O4S2. The van der Waals surface area contributed by atoms with Gasteiger partial charge in [0.2, 0.25) is 10.0 Å². The van der Waals surface area contributed by atoms with Crippen molar-refractivity contribution < 1.29 is 27.0 Å². The second kappa shape index (κ2) is 12.1. The molecule has 5 rings (SSSR count). The lowest BCUT2D eigenvalue weighted by atomic mass is 10.0. The number of alkyl halides is 2. The number of ether oxygens (including phenoxy) is 1. The van der Waals surface area contributed by atoms with E-state index in [1.54, 1.807) is 6.07 Å². The Balaban J connectivity index is 1.17. The molecule has 1 aromatic carbocycles. The number of rotatable bonds is 10. The summed E-state index contributed by atoms with van der Waals surface area (Å²) in [5, 5.41) is 9.54. The Bertz CT molecular complexity index is 1450. The van der Waals surface area contributed by atoms with Crippen molar-refractivity contribution in [3.63, 3.8) is 0 Å². The van der Waals surface area contributed by atoms with Crippen LogP contribution in [0.3, 0.4) is 0 Å². The Morgan fingerprint density at radius 2 is 1.95 bits per heavy atom. The summed E-state index contributed by atoms with van der Waals surface area (Å²) in [5.41, 5.74) is 2.96. The smallest absolute Gasteiger partial charge is 0.274 e. The van der Waals surface area contributed by atoms with E-state index in [-0.39, 0.29) is 24.0 Å². The van der Waals surface area contributed by atoms with E-state index in [1.807, 2.05) is 18.2 Å². The number of pyridine rings is 1. The van der Waals surface area contributed by atoms with E-state index in [0.29, 0.717) is 43.4 Å². The van der Waals surface area contributed by atoms with Crippen molar-refractivity contribution in [2.45, 2.75) is 51.1 Å². The first-order valence-corrected chi connectivity index (χ1v) is 16.0. The Morgan fingerprint density at radius 1 is 1.15 bits per heavy atom. The first-order valence-electron chi connectivity index (χ1n) is 13.6. The van der Waals surface area contributed by atoms with E-state index in [1.165, 1.54) is 27.9 Å². The zero-order valence-corrected chi connectivity index (χ0v) is 24.1. The van der Waals surface area contributed by atoms with Crippen LogP contribution in [0.5, 0.6) is 5.19 Å². The third-order valence-electron chi connectivity index (χ3n) is 7.40. The van der Waals surface area contributed by atoms with Gasteiger partial charge in [0.05, 0.1) is 16.0 Å². The third kappa shape index (κ3) is 6.79. The molecule has 4 heterocycles. The van der Waals surface area contributed by atoms with Crippen LogP contribution in [0.2, 0.25) is 0 Å². The van der Waals surface area contributed by atoms with E-state index >= 15 is 0 Å². The fraction of sp³-hybridized carbons (Fsp3) is 0.500. The van der Waals surface area contributed by atoms with Crippen molar-refractivity contribution in [3.05, 3.63) is 53.7 Å². The van der Waals surface area contributed by atoms with Crippen LogP contribution >= 0.6 is 11.3 Å². The SMILES string of the molecule is CC(F)(F)c1ccc(N2CCC(Oc3nc4ccc(C5=CCN(S(=O)(=O)CCCCO)CC5)cc4s3)CC2)nc1. The van der Waals surface area contributed by atoms with Crippen molar-refractivity contribution in [2.24, 2.45) is 0 Å². The summed E-state index contributed by atoms with van der Waals surface area (Å²) >= 11 is 1.50. The van der Waals surface area contributed by atoms with Crippen molar-refractivity contribution in [1.82, 2.24) is 14.3 Å². The molecule has 1 saturated heterocycles. The topological polar surface area (TPSA) is 95.9 Å². The van der Waals surface area contributed by atoms with E-state index in [9.17, 15) is 17.2 Å². The first kappa shape index (κ1) is 28.8. The van der Waals surface area contributed by atoms with Gasteiger partial charge in [0, 0.05) is 64.3 Å². The van der Waals surface area contributed by atoms with Crippen LogP contribution in [0, 0.1) is 0 Å². The molecule has 2 aliphatic heterocycles. The number of nitrogens with zero attached hydrogens (tertiary/aromatic N) is 4. The highest BCUT2D eigenvalue weighted by atomic mass is 32.2. The number of thiazole rings is 1. The fourth-order valence-corrected chi connectivity index (χ4v) is 7.44. The van der Waals surface area contributed by atoms with Gasteiger partial charge >= 0.3 is 0 Å². The van der Waals surface area contributed by atoms with Crippen LogP contribution in [0.1, 0.15) is 50.2 Å². The second-order valence-corrected chi connectivity index (χ2v) is 13.4. The van der Waals surface area contributed by atoms with Gasteiger partial charge in [0.1, 0.15) is 11.9 Å². The first-order chi connectivity index (χ1) is 19.1. The van der Waals surface area contributed by atoms with Gasteiger partial charge in [-0.15, -0.1) is 0 Å². The molecular weight excluding hydrogens is 558 g/mol. The number of fused-ring (bicyclic) bond motifs is 1. The standard InChI is InChI=1S/C28H34F2N4O4S2/c1-28(29,30)22-5-7-26(31-19-22)33-12-10-23(11-13-33)38-27-32-24-6-4-21(18-25(24)39-27)20-8-14-34(15-9-20)40(36,37)17-3-2-16-35/h4-8,18-19,23,35H,2-3,9-17H2,1H3. The van der Waals surface area contributed by atoms with Crippen molar-refractivity contribution in [3.8, 4) is 5.19 Å². The van der Waals surface area contributed by atoms with Gasteiger partial charge in [-0.05, 0) is 54.7 Å². The number of aromatic nitrogens is 2. The summed E-state index contributed by atoms with van der Waals surface area (Å²) < 4.78 is 60.8. The molecule has 2 aromatic heterocycles. The molecule has 0 atom stereocenters. The monoisotopic (exact) mass is 592 g/mol. The summed E-state index contributed by atoms with van der Waals surface area (Å²) in [4.78, 5) is 11.0. The number of aliphatic hydroxyl groups excluding tert-OH is 1. The molecule has 12 heteroatoms. The number of benzene rings is 1. The van der Waals surface area contributed by atoms with Crippen molar-refractivity contribution >= 4 is 43.0 Å². The molecule has 0 amide bonds. The molecule has 40 heavy (non-hydrogen) atoms. The van der Waals surface area contributed by atoms with Crippen molar-refractivity contribution in [1.29, 1.82) is 0 Å². The molecule has 0 aliphatic carbocycles.